The minimum Gasteiger partial charge on any atom is -0.462 e. The molecule has 3 N–H and O–H groups in total. The van der Waals surface area contributed by atoms with E-state index in [0.29, 0.717) is 6.42 Å². The van der Waals surface area contributed by atoms with Gasteiger partial charge in [0.25, 0.3) is 0 Å². The van der Waals surface area contributed by atoms with Crippen molar-refractivity contribution < 1.29 is 37.6 Å². The average molecular weight is 1120 g/mol. The van der Waals surface area contributed by atoms with Crippen molar-refractivity contribution in [1.29, 1.82) is 0 Å². The van der Waals surface area contributed by atoms with Gasteiger partial charge in [-0.05, 0) is 103 Å². The standard InChI is InChI=1S/C69H120NO8P/c1-3-5-7-9-11-13-15-17-19-21-23-25-27-29-31-32-33-34-36-37-39-41-43-45-47-49-51-53-55-57-59-61-68(71)75-65-67(66-77-79(73,74)76-64-63-70)78-69(72)62-60-58-56-54-52-50-48-46-44-42-40-38-35-30-28-26-24-22-20-18-16-14-12-10-8-6-4-2/h6,8,12,14-15,17-18,20-21,23-24,26,30,35,40,42,46,48,67H,3-5,7,9-11,13,16,19,22,25,27-29,31-34,36-39,41,43-45,47,49-66,70H2,1-2H3,(H,73,74)/b8-6-,14-12-,17-15-,20-18-,23-21-,26-24-,35-30-,42-40-,48-46-. The maximum Gasteiger partial charge on any atom is 0.472 e. The van der Waals surface area contributed by atoms with Crippen LogP contribution < -0.4 is 5.73 Å². The first kappa shape index (κ1) is 75.7. The van der Waals surface area contributed by atoms with Crippen LogP contribution in [0.4, 0.5) is 0 Å². The molecule has 0 aliphatic carbocycles. The van der Waals surface area contributed by atoms with E-state index in [9.17, 15) is 19.0 Å². The lowest BCUT2D eigenvalue weighted by atomic mass is 10.0. The van der Waals surface area contributed by atoms with Gasteiger partial charge in [-0.2, -0.15) is 0 Å². The smallest absolute Gasteiger partial charge is 0.462 e. The van der Waals surface area contributed by atoms with E-state index in [1.165, 1.54) is 148 Å². The Morgan fingerprint density at radius 1 is 0.392 bits per heavy atom. The molecule has 2 atom stereocenters. The molecule has 9 nitrogen and oxygen atoms in total. The molecule has 10 heteroatoms. The molecule has 0 spiro atoms. The number of hydrogen-bond donors (Lipinski definition) is 2. The Hall–Kier alpha value is -3.33. The zero-order valence-corrected chi connectivity index (χ0v) is 51.7. The summed E-state index contributed by atoms with van der Waals surface area (Å²) in [7, 11) is -4.40. The van der Waals surface area contributed by atoms with Gasteiger partial charge in [0.2, 0.25) is 0 Å². The van der Waals surface area contributed by atoms with E-state index < -0.39 is 26.5 Å². The zero-order valence-electron chi connectivity index (χ0n) is 50.8. The second-order valence-electron chi connectivity index (χ2n) is 21.2. The van der Waals surface area contributed by atoms with Crippen LogP contribution in [0.15, 0.2) is 109 Å². The molecule has 0 aromatic heterocycles. The molecular weight excluding hydrogens is 1000 g/mol. The first-order chi connectivity index (χ1) is 38.8. The molecule has 0 aromatic rings. The summed E-state index contributed by atoms with van der Waals surface area (Å²) >= 11 is 0. The van der Waals surface area contributed by atoms with Gasteiger partial charge < -0.3 is 20.1 Å². The highest BCUT2D eigenvalue weighted by molar-refractivity contribution is 7.47. The van der Waals surface area contributed by atoms with Gasteiger partial charge in [-0.3, -0.25) is 18.6 Å². The number of phosphoric acid groups is 1. The summed E-state index contributed by atoms with van der Waals surface area (Å²) < 4.78 is 33.1. The van der Waals surface area contributed by atoms with Crippen molar-refractivity contribution in [3.05, 3.63) is 109 Å². The molecule has 0 amide bonds. The number of allylic oxidation sites excluding steroid dienone is 18. The Morgan fingerprint density at radius 3 is 1.04 bits per heavy atom. The highest BCUT2D eigenvalue weighted by Crippen LogP contribution is 2.43. The third-order valence-electron chi connectivity index (χ3n) is 13.6. The predicted octanol–water partition coefficient (Wildman–Crippen LogP) is 21.0. The fourth-order valence-corrected chi connectivity index (χ4v) is 9.65. The van der Waals surface area contributed by atoms with Gasteiger partial charge in [-0.15, -0.1) is 0 Å². The van der Waals surface area contributed by atoms with Crippen molar-refractivity contribution in [3.8, 4) is 0 Å². The molecule has 79 heavy (non-hydrogen) atoms. The lowest BCUT2D eigenvalue weighted by Crippen LogP contribution is -2.29. The molecule has 0 aromatic carbocycles. The molecule has 2 unspecified atom stereocenters. The quantitative estimate of drug-likeness (QED) is 0.0264. The van der Waals surface area contributed by atoms with Crippen LogP contribution in [0.1, 0.15) is 284 Å². The first-order valence-corrected chi connectivity index (χ1v) is 33.9. The number of carbonyl (C=O) groups is 2. The van der Waals surface area contributed by atoms with Gasteiger partial charge >= 0.3 is 19.8 Å². The predicted molar refractivity (Wildman–Crippen MR) is 339 cm³/mol. The molecule has 0 fully saturated rings. The lowest BCUT2D eigenvalue weighted by molar-refractivity contribution is -0.161. The van der Waals surface area contributed by atoms with Crippen LogP contribution in [0.25, 0.3) is 0 Å². The van der Waals surface area contributed by atoms with Crippen LogP contribution in [-0.4, -0.2) is 49.3 Å². The monoisotopic (exact) mass is 1120 g/mol. The van der Waals surface area contributed by atoms with E-state index >= 15 is 0 Å². The molecule has 0 aliphatic heterocycles. The molecule has 0 rings (SSSR count). The Kier molecular flexibility index (Phi) is 61.2. The zero-order chi connectivity index (χ0) is 57.3. The number of phosphoric ester groups is 1. The third-order valence-corrected chi connectivity index (χ3v) is 14.6. The number of rotatable bonds is 60. The summed E-state index contributed by atoms with van der Waals surface area (Å²) in [4.78, 5) is 35.3. The normalized spacial score (nSPS) is 13.7. The Morgan fingerprint density at radius 2 is 0.696 bits per heavy atom. The lowest BCUT2D eigenvalue weighted by Gasteiger charge is -2.19. The minimum absolute atomic E-state index is 0.0453. The largest absolute Gasteiger partial charge is 0.472 e. The summed E-state index contributed by atoms with van der Waals surface area (Å²) in [5.41, 5.74) is 5.39. The van der Waals surface area contributed by atoms with Crippen molar-refractivity contribution in [2.45, 2.75) is 290 Å². The van der Waals surface area contributed by atoms with Crippen molar-refractivity contribution in [2.75, 3.05) is 26.4 Å². The third kappa shape index (κ3) is 63.7. The van der Waals surface area contributed by atoms with Crippen LogP contribution in [-0.2, 0) is 32.7 Å². The molecule has 0 aliphatic rings. The van der Waals surface area contributed by atoms with Gasteiger partial charge in [0.05, 0.1) is 13.2 Å². The minimum atomic E-state index is -4.40. The summed E-state index contributed by atoms with van der Waals surface area (Å²) in [5.74, 6) is -0.848. The molecular formula is C69H120NO8P. The van der Waals surface area contributed by atoms with E-state index in [-0.39, 0.29) is 38.6 Å². The van der Waals surface area contributed by atoms with Crippen molar-refractivity contribution in [2.24, 2.45) is 5.73 Å². The summed E-state index contributed by atoms with van der Waals surface area (Å²) in [6, 6.07) is 0. The van der Waals surface area contributed by atoms with Crippen LogP contribution in [0, 0.1) is 0 Å². The maximum atomic E-state index is 12.7. The van der Waals surface area contributed by atoms with Gasteiger partial charge in [0.1, 0.15) is 6.61 Å². The van der Waals surface area contributed by atoms with Crippen LogP contribution in [0.3, 0.4) is 0 Å². The fraction of sp³-hybridized carbons (Fsp3) is 0.710. The van der Waals surface area contributed by atoms with Gasteiger partial charge in [-0.25, -0.2) is 4.57 Å². The van der Waals surface area contributed by atoms with E-state index in [4.69, 9.17) is 24.3 Å². The highest BCUT2D eigenvalue weighted by atomic mass is 31.2. The van der Waals surface area contributed by atoms with E-state index in [1.807, 2.05) is 0 Å². The topological polar surface area (TPSA) is 134 Å². The molecule has 0 bridgehead atoms. The Bertz CT molecular complexity index is 1660. The molecule has 0 saturated heterocycles. The Labute approximate surface area is 486 Å². The summed E-state index contributed by atoms with van der Waals surface area (Å²) in [5, 5.41) is 0. The second-order valence-corrected chi connectivity index (χ2v) is 22.7. The molecule has 0 heterocycles. The number of hydrogen-bond acceptors (Lipinski definition) is 8. The fourth-order valence-electron chi connectivity index (χ4n) is 8.88. The maximum absolute atomic E-state index is 12.7. The van der Waals surface area contributed by atoms with Crippen LogP contribution >= 0.6 is 7.82 Å². The Balaban J connectivity index is 3.96. The van der Waals surface area contributed by atoms with E-state index in [1.54, 1.807) is 0 Å². The number of carbonyl (C=O) groups excluding carboxylic acids is 2. The van der Waals surface area contributed by atoms with E-state index in [2.05, 4.69) is 123 Å². The molecule has 0 saturated carbocycles. The number of ether oxygens (including phenoxy) is 2. The van der Waals surface area contributed by atoms with Crippen LogP contribution in [0.5, 0.6) is 0 Å². The van der Waals surface area contributed by atoms with Crippen molar-refractivity contribution in [1.82, 2.24) is 0 Å². The van der Waals surface area contributed by atoms with Gasteiger partial charge in [-0.1, -0.05) is 277 Å². The second kappa shape index (κ2) is 63.8. The van der Waals surface area contributed by atoms with Crippen LogP contribution in [0.2, 0.25) is 0 Å². The summed E-state index contributed by atoms with van der Waals surface area (Å²) in [6.45, 7) is 3.61. The number of esters is 2. The van der Waals surface area contributed by atoms with E-state index in [0.717, 1.165) is 103 Å². The van der Waals surface area contributed by atoms with Crippen molar-refractivity contribution >= 4 is 19.8 Å². The average Bonchev–Trinajstić information content (AvgIpc) is 3.44. The van der Waals surface area contributed by atoms with Gasteiger partial charge in [0.15, 0.2) is 6.10 Å². The molecule has 0 radical (unpaired) electrons. The SMILES string of the molecule is CC/C=C\C/C=C\C/C=C\C/C=C\C/C=C\C/C=C\C/C=C\CCCCCCCC(=O)OC(COC(=O)CCCCCCCCCCCCCCCCCCCCC/C=C\C/C=C\CCCCCCC)COP(=O)(O)OCCN. The van der Waals surface area contributed by atoms with Crippen molar-refractivity contribution in [3.63, 3.8) is 0 Å². The number of unbranched alkanes of at least 4 members (excludes halogenated alkanes) is 29. The summed E-state index contributed by atoms with van der Waals surface area (Å²) in [6.07, 6.45) is 87.3. The molecule has 454 valence electrons. The van der Waals surface area contributed by atoms with Gasteiger partial charge in [0, 0.05) is 19.4 Å². The first-order valence-electron chi connectivity index (χ1n) is 32.4. The highest BCUT2D eigenvalue weighted by Gasteiger charge is 2.26. The number of nitrogens with two attached hydrogens (primary N) is 1.